The molecule has 0 aromatic carbocycles. The van der Waals surface area contributed by atoms with E-state index in [1.54, 1.807) is 4.90 Å². The maximum atomic E-state index is 11.6. The molecule has 2 aliphatic rings. The number of hydrogen-bond donors (Lipinski definition) is 1. The molecule has 1 saturated heterocycles. The fraction of sp³-hybridized carbons (Fsp3) is 0.900. The molecule has 1 aliphatic carbocycles. The largest absolute Gasteiger partial charge is 0.446 e. The number of nitrogens with zero attached hydrogens (tertiary/aromatic N) is 1. The van der Waals surface area contributed by atoms with E-state index in [1.165, 1.54) is 0 Å². The van der Waals surface area contributed by atoms with Gasteiger partial charge in [-0.1, -0.05) is 0 Å². The average Bonchev–Trinajstić information content (AvgIpc) is 2.23. The van der Waals surface area contributed by atoms with Gasteiger partial charge in [-0.25, -0.2) is 4.79 Å². The number of hydrogen-bond acceptors (Lipinski definition) is 4. The monoisotopic (exact) mass is 214 g/mol. The Morgan fingerprint density at radius 2 is 2.07 bits per heavy atom. The van der Waals surface area contributed by atoms with E-state index in [4.69, 9.17) is 15.2 Å². The summed E-state index contributed by atoms with van der Waals surface area (Å²) < 4.78 is 10.5. The van der Waals surface area contributed by atoms with Gasteiger partial charge in [-0.05, 0) is 25.3 Å². The summed E-state index contributed by atoms with van der Waals surface area (Å²) in [5.41, 5.74) is 5.50. The molecule has 15 heavy (non-hydrogen) atoms. The highest BCUT2D eigenvalue weighted by Crippen LogP contribution is 2.29. The molecule has 1 heterocycles. The normalized spacial score (nSPS) is 30.9. The smallest absolute Gasteiger partial charge is 0.410 e. The van der Waals surface area contributed by atoms with Crippen molar-refractivity contribution in [1.82, 2.24) is 4.90 Å². The Morgan fingerprint density at radius 3 is 2.67 bits per heavy atom. The van der Waals surface area contributed by atoms with E-state index >= 15 is 0 Å². The standard InChI is InChI=1S/C10H18N2O3/c11-7-8-5-9(6-8)15-10(13)12-1-3-14-4-2-12/h8-9H,1-7,11H2. The molecule has 1 saturated carbocycles. The van der Waals surface area contributed by atoms with Crippen LogP contribution in [0.15, 0.2) is 0 Å². The zero-order chi connectivity index (χ0) is 10.7. The zero-order valence-corrected chi connectivity index (χ0v) is 8.85. The van der Waals surface area contributed by atoms with Gasteiger partial charge in [0.2, 0.25) is 0 Å². The first-order valence-corrected chi connectivity index (χ1v) is 5.53. The second-order valence-corrected chi connectivity index (χ2v) is 4.18. The van der Waals surface area contributed by atoms with Gasteiger partial charge >= 0.3 is 6.09 Å². The molecular formula is C10H18N2O3. The molecule has 86 valence electrons. The molecule has 2 rings (SSSR count). The molecule has 2 N–H and O–H groups in total. The van der Waals surface area contributed by atoms with Crippen LogP contribution in [0.4, 0.5) is 4.79 Å². The Bertz CT molecular complexity index is 223. The lowest BCUT2D eigenvalue weighted by molar-refractivity contribution is -0.0198. The number of amides is 1. The second-order valence-electron chi connectivity index (χ2n) is 4.18. The Hall–Kier alpha value is -0.810. The molecule has 0 spiro atoms. The summed E-state index contributed by atoms with van der Waals surface area (Å²) in [6.07, 6.45) is 1.74. The van der Waals surface area contributed by atoms with Gasteiger partial charge in [0, 0.05) is 13.1 Å². The lowest BCUT2D eigenvalue weighted by atomic mass is 9.82. The molecule has 0 atom stereocenters. The summed E-state index contributed by atoms with van der Waals surface area (Å²) in [5.74, 6) is 0.549. The molecule has 2 fully saturated rings. The van der Waals surface area contributed by atoms with Crippen molar-refractivity contribution in [1.29, 1.82) is 0 Å². The number of ether oxygens (including phenoxy) is 2. The molecule has 1 amide bonds. The SMILES string of the molecule is NCC1CC(OC(=O)N2CCOCC2)C1. The van der Waals surface area contributed by atoms with Crippen molar-refractivity contribution in [3.63, 3.8) is 0 Å². The lowest BCUT2D eigenvalue weighted by Crippen LogP contribution is -2.45. The third-order valence-electron chi connectivity index (χ3n) is 3.06. The van der Waals surface area contributed by atoms with Crippen molar-refractivity contribution >= 4 is 6.09 Å². The molecule has 1 aliphatic heterocycles. The van der Waals surface area contributed by atoms with E-state index in [0.29, 0.717) is 38.8 Å². The molecule has 0 aromatic rings. The van der Waals surface area contributed by atoms with Crippen LogP contribution in [0.3, 0.4) is 0 Å². The van der Waals surface area contributed by atoms with Crippen LogP contribution in [0.25, 0.3) is 0 Å². The van der Waals surface area contributed by atoms with Crippen LogP contribution < -0.4 is 5.73 Å². The van der Waals surface area contributed by atoms with Gasteiger partial charge in [0.15, 0.2) is 0 Å². The molecule has 0 unspecified atom stereocenters. The van der Waals surface area contributed by atoms with Crippen LogP contribution in [-0.4, -0.2) is 49.9 Å². The third-order valence-corrected chi connectivity index (χ3v) is 3.06. The molecule has 5 nitrogen and oxygen atoms in total. The van der Waals surface area contributed by atoms with Gasteiger partial charge < -0.3 is 20.1 Å². The predicted octanol–water partition coefficient (Wildman–Crippen LogP) is 0.192. The Morgan fingerprint density at radius 1 is 1.40 bits per heavy atom. The van der Waals surface area contributed by atoms with E-state index in [0.717, 1.165) is 12.8 Å². The maximum Gasteiger partial charge on any atom is 0.410 e. The fourth-order valence-corrected chi connectivity index (χ4v) is 1.93. The van der Waals surface area contributed by atoms with E-state index < -0.39 is 0 Å². The van der Waals surface area contributed by atoms with Crippen LogP contribution in [0.2, 0.25) is 0 Å². The van der Waals surface area contributed by atoms with Crippen LogP contribution in [0.1, 0.15) is 12.8 Å². The summed E-state index contributed by atoms with van der Waals surface area (Å²) >= 11 is 0. The number of morpholine rings is 1. The molecule has 5 heteroatoms. The van der Waals surface area contributed by atoms with Gasteiger partial charge in [-0.3, -0.25) is 0 Å². The van der Waals surface area contributed by atoms with Crippen molar-refractivity contribution in [2.24, 2.45) is 11.7 Å². The summed E-state index contributed by atoms with van der Waals surface area (Å²) in [6.45, 7) is 3.22. The topological polar surface area (TPSA) is 64.8 Å². The maximum absolute atomic E-state index is 11.6. The van der Waals surface area contributed by atoms with Gasteiger partial charge in [-0.2, -0.15) is 0 Å². The summed E-state index contributed by atoms with van der Waals surface area (Å²) in [5, 5.41) is 0. The fourth-order valence-electron chi connectivity index (χ4n) is 1.93. The van der Waals surface area contributed by atoms with Gasteiger partial charge in [-0.15, -0.1) is 0 Å². The minimum atomic E-state index is -0.196. The van der Waals surface area contributed by atoms with Gasteiger partial charge in [0.25, 0.3) is 0 Å². The van der Waals surface area contributed by atoms with E-state index in [9.17, 15) is 4.79 Å². The van der Waals surface area contributed by atoms with Crippen LogP contribution in [0.5, 0.6) is 0 Å². The lowest BCUT2D eigenvalue weighted by Gasteiger charge is -2.36. The average molecular weight is 214 g/mol. The zero-order valence-electron chi connectivity index (χ0n) is 8.85. The minimum absolute atomic E-state index is 0.0916. The Balaban J connectivity index is 1.68. The number of rotatable bonds is 2. The van der Waals surface area contributed by atoms with Gasteiger partial charge in [0.05, 0.1) is 13.2 Å². The second kappa shape index (κ2) is 4.81. The van der Waals surface area contributed by atoms with Crippen molar-refractivity contribution < 1.29 is 14.3 Å². The van der Waals surface area contributed by atoms with Gasteiger partial charge in [0.1, 0.15) is 6.10 Å². The Labute approximate surface area is 89.5 Å². The number of nitrogens with two attached hydrogens (primary N) is 1. The first-order valence-electron chi connectivity index (χ1n) is 5.53. The first-order chi connectivity index (χ1) is 7.29. The highest BCUT2D eigenvalue weighted by atomic mass is 16.6. The summed E-state index contributed by atoms with van der Waals surface area (Å²) in [4.78, 5) is 13.3. The quantitative estimate of drug-likeness (QED) is 0.712. The van der Waals surface area contributed by atoms with Crippen LogP contribution >= 0.6 is 0 Å². The van der Waals surface area contributed by atoms with E-state index in [1.807, 2.05) is 0 Å². The van der Waals surface area contributed by atoms with Crippen LogP contribution in [0, 0.1) is 5.92 Å². The van der Waals surface area contributed by atoms with E-state index in [-0.39, 0.29) is 12.2 Å². The summed E-state index contributed by atoms with van der Waals surface area (Å²) in [6, 6.07) is 0. The number of carbonyl (C=O) groups excluding carboxylic acids is 1. The molecule has 0 radical (unpaired) electrons. The number of carbonyl (C=O) groups is 1. The Kier molecular flexibility index (Phi) is 3.43. The molecule has 0 bridgehead atoms. The van der Waals surface area contributed by atoms with Crippen molar-refractivity contribution in [3.05, 3.63) is 0 Å². The van der Waals surface area contributed by atoms with Crippen LogP contribution in [-0.2, 0) is 9.47 Å². The molecule has 0 aromatic heterocycles. The van der Waals surface area contributed by atoms with Crippen molar-refractivity contribution in [3.8, 4) is 0 Å². The highest BCUT2D eigenvalue weighted by Gasteiger charge is 2.32. The first kappa shape index (κ1) is 10.7. The summed E-state index contributed by atoms with van der Waals surface area (Å²) in [7, 11) is 0. The van der Waals surface area contributed by atoms with E-state index in [2.05, 4.69) is 0 Å². The van der Waals surface area contributed by atoms with Crippen molar-refractivity contribution in [2.75, 3.05) is 32.8 Å². The van der Waals surface area contributed by atoms with Crippen molar-refractivity contribution in [2.45, 2.75) is 18.9 Å². The molecular weight excluding hydrogens is 196 g/mol. The minimum Gasteiger partial charge on any atom is -0.446 e. The predicted molar refractivity (Wildman–Crippen MR) is 54.4 cm³/mol. The third kappa shape index (κ3) is 2.60. The highest BCUT2D eigenvalue weighted by molar-refractivity contribution is 5.68.